The number of alkyl halides is 2. The zero-order valence-corrected chi connectivity index (χ0v) is 20.2. The molecule has 2 atom stereocenters. The highest BCUT2D eigenvalue weighted by molar-refractivity contribution is 6.53. The average molecular weight is 544 g/mol. The van der Waals surface area contributed by atoms with Crippen LogP contribution in [-0.2, 0) is 11.2 Å². The molecule has 0 unspecified atom stereocenters. The van der Waals surface area contributed by atoms with Gasteiger partial charge in [0.05, 0.1) is 16.0 Å². The van der Waals surface area contributed by atoms with E-state index in [1.807, 2.05) is 0 Å². The number of hydrogen-bond donors (Lipinski definition) is 2. The van der Waals surface area contributed by atoms with Gasteiger partial charge in [-0.1, -0.05) is 29.3 Å². The van der Waals surface area contributed by atoms with E-state index in [9.17, 15) is 18.4 Å². The first-order valence-electron chi connectivity index (χ1n) is 9.99. The number of benzene rings is 3. The third kappa shape index (κ3) is 4.86. The van der Waals surface area contributed by atoms with Gasteiger partial charge in [-0.3, -0.25) is 9.59 Å². The number of halogens is 6. The number of ketones is 1. The van der Waals surface area contributed by atoms with Crippen LogP contribution in [0.25, 0.3) is 0 Å². The Bertz CT molecular complexity index is 1320. The van der Waals surface area contributed by atoms with Crippen molar-refractivity contribution < 1.29 is 18.4 Å². The van der Waals surface area contributed by atoms with Crippen molar-refractivity contribution in [1.82, 2.24) is 0 Å². The molecule has 1 aliphatic carbocycles. The fraction of sp³-hybridized carbons (Fsp3) is 0.167. The van der Waals surface area contributed by atoms with Crippen molar-refractivity contribution in [2.24, 2.45) is 5.92 Å². The molecule has 10 heteroatoms. The van der Waals surface area contributed by atoms with Crippen molar-refractivity contribution in [2.75, 3.05) is 11.1 Å². The van der Waals surface area contributed by atoms with Gasteiger partial charge < -0.3 is 11.1 Å². The van der Waals surface area contributed by atoms with Gasteiger partial charge >= 0.3 is 0 Å². The highest BCUT2D eigenvalue weighted by atomic mass is 35.5. The molecule has 0 aromatic heterocycles. The molecular weight excluding hydrogens is 528 g/mol. The second-order valence-corrected chi connectivity index (χ2v) is 10.2. The number of hydrogen-bond acceptors (Lipinski definition) is 3. The van der Waals surface area contributed by atoms with Crippen molar-refractivity contribution in [1.29, 1.82) is 0 Å². The Morgan fingerprint density at radius 1 is 0.971 bits per heavy atom. The summed E-state index contributed by atoms with van der Waals surface area (Å²) < 4.78 is 25.6. The monoisotopic (exact) mass is 542 g/mol. The van der Waals surface area contributed by atoms with E-state index in [0.29, 0.717) is 11.1 Å². The predicted octanol–water partition coefficient (Wildman–Crippen LogP) is 6.81. The Hall–Kier alpha value is -2.38. The zero-order chi connectivity index (χ0) is 24.8. The van der Waals surface area contributed by atoms with Gasteiger partial charge in [0.1, 0.15) is 16.0 Å². The normalized spacial score (nSPS) is 18.4. The quantitative estimate of drug-likeness (QED) is 0.204. The van der Waals surface area contributed by atoms with Crippen molar-refractivity contribution in [3.05, 3.63) is 93.0 Å². The van der Waals surface area contributed by atoms with Gasteiger partial charge in [0, 0.05) is 29.3 Å². The van der Waals surface area contributed by atoms with E-state index in [1.54, 1.807) is 0 Å². The Labute approximate surface area is 213 Å². The fourth-order valence-corrected chi connectivity index (χ4v) is 5.05. The molecule has 34 heavy (non-hydrogen) atoms. The van der Waals surface area contributed by atoms with Gasteiger partial charge in [0.25, 0.3) is 0 Å². The van der Waals surface area contributed by atoms with Crippen molar-refractivity contribution >= 4 is 69.5 Å². The smallest absolute Gasteiger partial charge is 0.231 e. The highest BCUT2D eigenvalue weighted by Gasteiger charge is 2.67. The summed E-state index contributed by atoms with van der Waals surface area (Å²) in [6.07, 6.45) is -0.177. The third-order valence-corrected chi connectivity index (χ3v) is 7.19. The molecule has 0 spiro atoms. The maximum Gasteiger partial charge on any atom is 0.231 e. The van der Waals surface area contributed by atoms with Crippen LogP contribution in [0.3, 0.4) is 0 Å². The Morgan fingerprint density at radius 2 is 1.71 bits per heavy atom. The number of carbonyl (C=O) groups excluding carboxylic acids is 2. The van der Waals surface area contributed by atoms with Crippen LogP contribution in [-0.4, -0.2) is 16.0 Å². The van der Waals surface area contributed by atoms with Crippen LogP contribution in [0.5, 0.6) is 0 Å². The minimum atomic E-state index is -1.41. The first-order valence-corrected chi connectivity index (χ1v) is 11.5. The molecule has 3 aromatic carbocycles. The lowest BCUT2D eigenvalue weighted by molar-refractivity contribution is -0.117. The number of nitrogens with one attached hydrogen (secondary N) is 1. The number of nitrogens with two attached hydrogens (primary N) is 1. The summed E-state index contributed by atoms with van der Waals surface area (Å²) in [7, 11) is 0. The minimum absolute atomic E-state index is 0.104. The molecule has 1 saturated carbocycles. The zero-order valence-electron chi connectivity index (χ0n) is 17.2. The molecule has 0 heterocycles. The average Bonchev–Trinajstić information content (AvgIpc) is 3.36. The summed E-state index contributed by atoms with van der Waals surface area (Å²) >= 11 is 24.7. The first-order chi connectivity index (χ1) is 16.0. The molecule has 1 fully saturated rings. The molecule has 3 aromatic rings. The van der Waals surface area contributed by atoms with E-state index < -0.39 is 39.5 Å². The SMILES string of the molecule is Nc1ccc(F)cc1CC(=O)c1cc(NC(=O)[C@H]2[C@H](c3ccc(F)c(Cl)c3)C2(Cl)Cl)ccc1Cl. The van der Waals surface area contributed by atoms with Crippen molar-refractivity contribution in [3.63, 3.8) is 0 Å². The lowest BCUT2D eigenvalue weighted by Crippen LogP contribution is -2.17. The molecule has 4 nitrogen and oxygen atoms in total. The molecule has 1 aliphatic rings. The Kier molecular flexibility index (Phi) is 6.80. The summed E-state index contributed by atoms with van der Waals surface area (Å²) in [4.78, 5) is 25.7. The number of amides is 1. The molecule has 176 valence electrons. The summed E-state index contributed by atoms with van der Waals surface area (Å²) in [5, 5.41) is 2.74. The number of nitrogen functional groups attached to an aromatic ring is 1. The van der Waals surface area contributed by atoms with E-state index in [1.165, 1.54) is 54.6 Å². The maximum atomic E-state index is 13.5. The molecule has 0 aliphatic heterocycles. The number of carbonyl (C=O) groups is 2. The largest absolute Gasteiger partial charge is 0.398 e. The minimum Gasteiger partial charge on any atom is -0.398 e. The summed E-state index contributed by atoms with van der Waals surface area (Å²) in [6, 6.07) is 12.2. The van der Waals surface area contributed by atoms with Crippen LogP contribution >= 0.6 is 46.4 Å². The lowest BCUT2D eigenvalue weighted by Gasteiger charge is -2.10. The van der Waals surface area contributed by atoms with Crippen LogP contribution < -0.4 is 11.1 Å². The van der Waals surface area contributed by atoms with Gasteiger partial charge in [-0.2, -0.15) is 0 Å². The number of Topliss-reactive ketones (excluding diaryl/α,β-unsaturated/α-hetero) is 1. The Balaban J connectivity index is 1.52. The number of anilines is 2. The molecule has 0 saturated heterocycles. The van der Waals surface area contributed by atoms with Crippen LogP contribution in [0, 0.1) is 17.6 Å². The van der Waals surface area contributed by atoms with Gasteiger partial charge in [-0.15, -0.1) is 23.2 Å². The predicted molar refractivity (Wildman–Crippen MR) is 131 cm³/mol. The molecule has 0 bridgehead atoms. The van der Waals surface area contributed by atoms with E-state index in [0.717, 1.165) is 0 Å². The van der Waals surface area contributed by atoms with Crippen LogP contribution in [0.15, 0.2) is 54.6 Å². The van der Waals surface area contributed by atoms with E-state index in [2.05, 4.69) is 5.32 Å². The van der Waals surface area contributed by atoms with E-state index >= 15 is 0 Å². The van der Waals surface area contributed by atoms with Gasteiger partial charge in [-0.05, 0) is 59.7 Å². The standard InChI is InChI=1S/C24H16Cl4F2N2O2/c25-16-4-3-14(10-15(16)20(33)9-12-7-13(29)2-6-19(12)31)32-23(34)22-21(24(22,27)28)11-1-5-18(30)17(26)8-11/h1-8,10,21-22H,9,31H2,(H,32,34)/t21-,22+/m0/s1. The van der Waals surface area contributed by atoms with E-state index in [-0.39, 0.29) is 33.4 Å². The molecular formula is C24H16Cl4F2N2O2. The van der Waals surface area contributed by atoms with Crippen LogP contribution in [0.4, 0.5) is 20.2 Å². The summed E-state index contributed by atoms with van der Waals surface area (Å²) in [5.41, 5.74) is 7.37. The van der Waals surface area contributed by atoms with E-state index in [4.69, 9.17) is 52.1 Å². The number of rotatable bonds is 6. The summed E-state index contributed by atoms with van der Waals surface area (Å²) in [6.45, 7) is 0. The van der Waals surface area contributed by atoms with Crippen LogP contribution in [0.1, 0.15) is 27.4 Å². The first kappa shape index (κ1) is 24.7. The molecule has 3 N–H and O–H groups in total. The third-order valence-electron chi connectivity index (χ3n) is 5.63. The van der Waals surface area contributed by atoms with Crippen molar-refractivity contribution in [3.8, 4) is 0 Å². The fourth-order valence-electron chi connectivity index (χ4n) is 3.81. The van der Waals surface area contributed by atoms with Gasteiger partial charge in [0.15, 0.2) is 5.78 Å². The topological polar surface area (TPSA) is 72.2 Å². The van der Waals surface area contributed by atoms with Gasteiger partial charge in [-0.25, -0.2) is 8.78 Å². The van der Waals surface area contributed by atoms with Crippen LogP contribution in [0.2, 0.25) is 10.0 Å². The molecule has 4 rings (SSSR count). The maximum absolute atomic E-state index is 13.5. The lowest BCUT2D eigenvalue weighted by atomic mass is 10.0. The summed E-state index contributed by atoms with van der Waals surface area (Å²) in [5.74, 6) is -3.45. The molecule has 0 radical (unpaired) electrons. The highest BCUT2D eigenvalue weighted by Crippen LogP contribution is 2.65. The van der Waals surface area contributed by atoms with Crippen molar-refractivity contribution in [2.45, 2.75) is 16.7 Å². The second kappa shape index (κ2) is 9.34. The second-order valence-electron chi connectivity index (χ2n) is 7.93. The molecule has 1 amide bonds. The van der Waals surface area contributed by atoms with Gasteiger partial charge in [0.2, 0.25) is 5.91 Å². The Morgan fingerprint density at radius 3 is 2.41 bits per heavy atom.